The third-order valence-corrected chi connectivity index (χ3v) is 4.01. The number of halogens is 1. The Kier molecular flexibility index (Phi) is 4.93. The van der Waals surface area contributed by atoms with E-state index in [-0.39, 0.29) is 11.8 Å². The Bertz CT molecular complexity index is 685. The van der Waals surface area contributed by atoms with E-state index >= 15 is 0 Å². The van der Waals surface area contributed by atoms with Crippen LogP contribution in [0.4, 0.5) is 5.69 Å². The van der Waals surface area contributed by atoms with Crippen LogP contribution in [-0.2, 0) is 11.3 Å². The van der Waals surface area contributed by atoms with Gasteiger partial charge in [-0.3, -0.25) is 9.59 Å². The Hall–Kier alpha value is -1.92. The van der Waals surface area contributed by atoms with E-state index in [4.69, 9.17) is 11.6 Å². The van der Waals surface area contributed by atoms with Gasteiger partial charge in [0.25, 0.3) is 5.91 Å². The summed E-state index contributed by atoms with van der Waals surface area (Å²) in [5.74, 6) is -0.307. The molecule has 0 saturated heterocycles. The third-order valence-electron chi connectivity index (χ3n) is 2.72. The van der Waals surface area contributed by atoms with Crippen molar-refractivity contribution < 1.29 is 9.59 Å². The highest BCUT2D eigenvalue weighted by molar-refractivity contribution is 7.14. The maximum Gasteiger partial charge on any atom is 0.265 e. The molecular weight excluding hydrogens is 310 g/mol. The largest absolute Gasteiger partial charge is 0.351 e. The van der Waals surface area contributed by atoms with Crippen LogP contribution in [-0.4, -0.2) is 16.8 Å². The van der Waals surface area contributed by atoms with E-state index in [9.17, 15) is 9.59 Å². The van der Waals surface area contributed by atoms with Gasteiger partial charge in [0.05, 0.1) is 23.3 Å². The number of aryl methyl sites for hydroxylation is 1. The van der Waals surface area contributed by atoms with E-state index in [1.807, 2.05) is 13.0 Å². The predicted molar refractivity (Wildman–Crippen MR) is 83.8 cm³/mol. The van der Waals surface area contributed by atoms with Crippen molar-refractivity contribution >= 4 is 40.4 Å². The van der Waals surface area contributed by atoms with E-state index in [2.05, 4.69) is 15.6 Å². The van der Waals surface area contributed by atoms with Crippen molar-refractivity contribution in [3.05, 3.63) is 44.9 Å². The number of anilines is 1. The lowest BCUT2D eigenvalue weighted by Gasteiger charge is -2.06. The SMILES string of the molecule is CC(=O)NCc1ccc(C(=O)Nc2cnc(Cl)cc2C)s1. The molecule has 21 heavy (non-hydrogen) atoms. The van der Waals surface area contributed by atoms with Crippen LogP contribution in [0, 0.1) is 6.92 Å². The first kappa shape index (κ1) is 15.5. The highest BCUT2D eigenvalue weighted by Crippen LogP contribution is 2.21. The summed E-state index contributed by atoms with van der Waals surface area (Å²) >= 11 is 7.12. The molecule has 2 aromatic heterocycles. The average molecular weight is 324 g/mol. The van der Waals surface area contributed by atoms with Gasteiger partial charge in [0, 0.05) is 11.8 Å². The third kappa shape index (κ3) is 4.27. The summed E-state index contributed by atoms with van der Waals surface area (Å²) in [5.41, 5.74) is 1.47. The Morgan fingerprint density at radius 2 is 2.14 bits per heavy atom. The van der Waals surface area contributed by atoms with Crippen LogP contribution >= 0.6 is 22.9 Å². The molecule has 110 valence electrons. The molecule has 2 heterocycles. The molecule has 0 saturated carbocycles. The van der Waals surface area contributed by atoms with Gasteiger partial charge in [-0.2, -0.15) is 0 Å². The Morgan fingerprint density at radius 3 is 2.81 bits per heavy atom. The van der Waals surface area contributed by atoms with Gasteiger partial charge in [0.1, 0.15) is 5.15 Å². The molecule has 5 nitrogen and oxygen atoms in total. The molecule has 2 amide bonds. The van der Waals surface area contributed by atoms with Crippen molar-refractivity contribution in [3.63, 3.8) is 0 Å². The lowest BCUT2D eigenvalue weighted by Crippen LogP contribution is -2.18. The van der Waals surface area contributed by atoms with Gasteiger partial charge in [0.2, 0.25) is 5.91 Å². The molecular formula is C14H14ClN3O2S. The van der Waals surface area contributed by atoms with Gasteiger partial charge < -0.3 is 10.6 Å². The second kappa shape index (κ2) is 6.69. The summed E-state index contributed by atoms with van der Waals surface area (Å²) in [5, 5.41) is 5.88. The minimum atomic E-state index is -0.207. The fourth-order valence-corrected chi connectivity index (χ4v) is 2.70. The summed E-state index contributed by atoms with van der Waals surface area (Å²) in [4.78, 5) is 28.5. The van der Waals surface area contributed by atoms with Gasteiger partial charge in [-0.05, 0) is 30.7 Å². The molecule has 0 radical (unpaired) electrons. The first-order valence-corrected chi connectivity index (χ1v) is 7.42. The zero-order valence-corrected chi connectivity index (χ0v) is 13.1. The van der Waals surface area contributed by atoms with E-state index < -0.39 is 0 Å². The molecule has 0 fully saturated rings. The van der Waals surface area contributed by atoms with Crippen molar-refractivity contribution in [1.82, 2.24) is 10.3 Å². The van der Waals surface area contributed by atoms with Gasteiger partial charge in [-0.15, -0.1) is 11.3 Å². The van der Waals surface area contributed by atoms with Crippen molar-refractivity contribution in [2.45, 2.75) is 20.4 Å². The Morgan fingerprint density at radius 1 is 1.38 bits per heavy atom. The minimum absolute atomic E-state index is 0.0998. The normalized spacial score (nSPS) is 10.2. The van der Waals surface area contributed by atoms with Crippen LogP contribution in [0.3, 0.4) is 0 Å². The Labute approximate surface area is 131 Å². The van der Waals surface area contributed by atoms with E-state index in [1.165, 1.54) is 24.5 Å². The lowest BCUT2D eigenvalue weighted by molar-refractivity contribution is -0.119. The maximum atomic E-state index is 12.2. The number of carbonyl (C=O) groups is 2. The van der Waals surface area contributed by atoms with E-state index in [0.29, 0.717) is 22.3 Å². The van der Waals surface area contributed by atoms with Crippen molar-refractivity contribution in [1.29, 1.82) is 0 Å². The molecule has 0 aliphatic heterocycles. The van der Waals surface area contributed by atoms with Crippen LogP contribution in [0.2, 0.25) is 5.15 Å². The molecule has 2 N–H and O–H groups in total. The summed E-state index contributed by atoms with van der Waals surface area (Å²) in [6.07, 6.45) is 1.53. The summed E-state index contributed by atoms with van der Waals surface area (Å²) < 4.78 is 0. The number of aromatic nitrogens is 1. The van der Waals surface area contributed by atoms with Crippen LogP contribution in [0.1, 0.15) is 27.0 Å². The number of amides is 2. The zero-order valence-electron chi connectivity index (χ0n) is 11.6. The van der Waals surface area contributed by atoms with Crippen LogP contribution in [0.15, 0.2) is 24.4 Å². The average Bonchev–Trinajstić information content (AvgIpc) is 2.88. The first-order chi connectivity index (χ1) is 9.95. The summed E-state index contributed by atoms with van der Waals surface area (Å²) in [7, 11) is 0. The zero-order chi connectivity index (χ0) is 15.4. The number of carbonyl (C=O) groups excluding carboxylic acids is 2. The van der Waals surface area contributed by atoms with E-state index in [1.54, 1.807) is 12.1 Å². The minimum Gasteiger partial charge on any atom is -0.351 e. The van der Waals surface area contributed by atoms with Crippen LogP contribution in [0.5, 0.6) is 0 Å². The van der Waals surface area contributed by atoms with Crippen molar-refractivity contribution in [2.75, 3.05) is 5.32 Å². The monoisotopic (exact) mass is 323 g/mol. The molecule has 0 unspecified atom stereocenters. The van der Waals surface area contributed by atoms with Gasteiger partial charge in [-0.1, -0.05) is 11.6 Å². The molecule has 0 aromatic carbocycles. The van der Waals surface area contributed by atoms with Crippen LogP contribution in [0.25, 0.3) is 0 Å². The molecule has 2 rings (SSSR count). The van der Waals surface area contributed by atoms with Crippen molar-refractivity contribution in [3.8, 4) is 0 Å². The van der Waals surface area contributed by atoms with Crippen LogP contribution < -0.4 is 10.6 Å². The lowest BCUT2D eigenvalue weighted by atomic mass is 10.2. The first-order valence-electron chi connectivity index (χ1n) is 6.22. The number of pyridine rings is 1. The van der Waals surface area contributed by atoms with Gasteiger partial charge >= 0.3 is 0 Å². The molecule has 7 heteroatoms. The van der Waals surface area contributed by atoms with Crippen molar-refractivity contribution in [2.24, 2.45) is 0 Å². The predicted octanol–water partition coefficient (Wildman–Crippen LogP) is 2.99. The second-order valence-corrected chi connectivity index (χ2v) is 6.01. The smallest absolute Gasteiger partial charge is 0.265 e. The molecule has 0 spiro atoms. The standard InChI is InChI=1S/C14H14ClN3O2S/c1-8-5-13(15)17-7-11(8)18-14(20)12-4-3-10(21-12)6-16-9(2)19/h3-5,7H,6H2,1-2H3,(H,16,19)(H,18,20). The summed E-state index contributed by atoms with van der Waals surface area (Å²) in [6.45, 7) is 3.73. The number of hydrogen-bond acceptors (Lipinski definition) is 4. The summed E-state index contributed by atoms with van der Waals surface area (Å²) in [6, 6.07) is 5.24. The molecule has 0 aliphatic rings. The molecule has 0 bridgehead atoms. The highest BCUT2D eigenvalue weighted by atomic mass is 35.5. The van der Waals surface area contributed by atoms with E-state index in [0.717, 1.165) is 10.4 Å². The highest BCUT2D eigenvalue weighted by Gasteiger charge is 2.11. The maximum absolute atomic E-state index is 12.2. The number of nitrogens with zero attached hydrogens (tertiary/aromatic N) is 1. The molecule has 0 atom stereocenters. The topological polar surface area (TPSA) is 71.1 Å². The number of nitrogens with one attached hydrogen (secondary N) is 2. The fraction of sp³-hybridized carbons (Fsp3) is 0.214. The molecule has 2 aromatic rings. The quantitative estimate of drug-likeness (QED) is 0.850. The van der Waals surface area contributed by atoms with Gasteiger partial charge in [-0.25, -0.2) is 4.98 Å². The number of hydrogen-bond donors (Lipinski definition) is 2. The Balaban J connectivity index is 2.05. The number of thiophene rings is 1. The fourth-order valence-electron chi connectivity index (χ4n) is 1.64. The second-order valence-electron chi connectivity index (χ2n) is 4.45. The number of rotatable bonds is 4. The molecule has 0 aliphatic carbocycles. The van der Waals surface area contributed by atoms with Gasteiger partial charge in [0.15, 0.2) is 0 Å².